The lowest BCUT2D eigenvalue weighted by atomic mass is 10.3. The zero-order chi connectivity index (χ0) is 21.2. The quantitative estimate of drug-likeness (QED) is 0.207. The van der Waals surface area contributed by atoms with Gasteiger partial charge in [0.2, 0.25) is 17.2 Å². The fourth-order valence-corrected chi connectivity index (χ4v) is 3.49. The van der Waals surface area contributed by atoms with Crippen molar-refractivity contribution in [2.45, 2.75) is 9.79 Å². The zero-order valence-corrected chi connectivity index (χ0v) is 16.7. The van der Waals surface area contributed by atoms with Gasteiger partial charge in [-0.15, -0.1) is 0 Å². The molecule has 0 amide bonds. The standard InChI is InChI=1S/C15H13ClN6O5S2/c16-13-20-14(18-8-2-1-3-10(6-8)28(23)24)22-15(21-13)19-9-4-5-12(11(17)7-9)29(25,26)27/h1-7,28H,17H2,(H,25,26,27)(H2,18,19,20,21,22). The molecule has 3 aromatic rings. The minimum atomic E-state index is -4.45. The molecule has 0 aliphatic carbocycles. The number of nitrogens with zero attached hydrogens (tertiary/aromatic N) is 3. The van der Waals surface area contributed by atoms with Crippen molar-refractivity contribution in [2.75, 3.05) is 16.4 Å². The summed E-state index contributed by atoms with van der Waals surface area (Å²) in [6.45, 7) is 0. The molecule has 0 aliphatic heterocycles. The van der Waals surface area contributed by atoms with Gasteiger partial charge in [0.15, 0.2) is 10.7 Å². The van der Waals surface area contributed by atoms with Gasteiger partial charge in [-0.25, -0.2) is 8.42 Å². The molecule has 11 nitrogen and oxygen atoms in total. The Bertz CT molecular complexity index is 1260. The number of nitrogens with one attached hydrogen (secondary N) is 2. The number of thiol groups is 1. The van der Waals surface area contributed by atoms with Gasteiger partial charge in [-0.3, -0.25) is 4.55 Å². The maximum Gasteiger partial charge on any atom is 0.296 e. The van der Waals surface area contributed by atoms with Crippen LogP contribution >= 0.6 is 11.6 Å². The van der Waals surface area contributed by atoms with E-state index in [2.05, 4.69) is 25.6 Å². The lowest BCUT2D eigenvalue weighted by Gasteiger charge is -2.10. The Morgan fingerprint density at radius 2 is 1.59 bits per heavy atom. The Morgan fingerprint density at radius 3 is 2.14 bits per heavy atom. The van der Waals surface area contributed by atoms with E-state index in [1.54, 1.807) is 12.1 Å². The fourth-order valence-electron chi connectivity index (χ4n) is 2.28. The molecule has 0 fully saturated rings. The van der Waals surface area contributed by atoms with Crippen molar-refractivity contribution < 1.29 is 21.4 Å². The van der Waals surface area contributed by atoms with Crippen molar-refractivity contribution in [2.24, 2.45) is 0 Å². The van der Waals surface area contributed by atoms with E-state index < -0.39 is 25.7 Å². The molecule has 0 saturated carbocycles. The fraction of sp³-hybridized carbons (Fsp3) is 0. The van der Waals surface area contributed by atoms with Gasteiger partial charge in [0.25, 0.3) is 10.1 Å². The summed E-state index contributed by atoms with van der Waals surface area (Å²) in [5, 5.41) is 5.44. The summed E-state index contributed by atoms with van der Waals surface area (Å²) < 4.78 is 53.7. The third kappa shape index (κ3) is 5.29. The first kappa shape index (κ1) is 20.7. The highest BCUT2D eigenvalue weighted by Gasteiger charge is 2.14. The van der Waals surface area contributed by atoms with Gasteiger partial charge in [-0.05, 0) is 48.0 Å². The van der Waals surface area contributed by atoms with Crippen molar-refractivity contribution in [1.82, 2.24) is 15.0 Å². The highest BCUT2D eigenvalue weighted by molar-refractivity contribution is 7.86. The Hall–Kier alpha value is -3.00. The summed E-state index contributed by atoms with van der Waals surface area (Å²) in [4.78, 5) is 11.6. The van der Waals surface area contributed by atoms with Crippen LogP contribution in [0.25, 0.3) is 0 Å². The van der Waals surface area contributed by atoms with Crippen LogP contribution in [0.2, 0.25) is 5.28 Å². The third-order valence-corrected chi connectivity index (χ3v) is 5.26. The second-order valence-corrected chi connectivity index (χ2v) is 8.30. The number of anilines is 5. The van der Waals surface area contributed by atoms with Gasteiger partial charge in [-0.2, -0.15) is 23.4 Å². The maximum atomic E-state index is 11.2. The highest BCUT2D eigenvalue weighted by atomic mass is 35.5. The van der Waals surface area contributed by atoms with E-state index in [0.29, 0.717) is 11.4 Å². The second kappa shape index (κ2) is 8.16. The summed E-state index contributed by atoms with van der Waals surface area (Å²) in [5.74, 6) is 0.0471. The van der Waals surface area contributed by atoms with Crippen molar-refractivity contribution in [1.29, 1.82) is 0 Å². The number of hydrogen-bond acceptors (Lipinski definition) is 10. The number of rotatable bonds is 6. The van der Waals surface area contributed by atoms with E-state index in [4.69, 9.17) is 21.9 Å². The first-order valence-corrected chi connectivity index (χ1v) is 10.7. The number of nitrogens with two attached hydrogens (primary N) is 1. The first-order valence-electron chi connectivity index (χ1n) is 7.69. The summed E-state index contributed by atoms with van der Waals surface area (Å²) in [7, 11) is -7.20. The normalized spacial score (nSPS) is 11.4. The average molecular weight is 457 g/mol. The number of nitrogen functional groups attached to an aromatic ring is 1. The minimum absolute atomic E-state index is 0.0116. The maximum absolute atomic E-state index is 11.2. The van der Waals surface area contributed by atoms with Crippen LogP contribution in [0, 0.1) is 0 Å². The second-order valence-electron chi connectivity index (χ2n) is 5.54. The number of halogens is 1. The van der Waals surface area contributed by atoms with Gasteiger partial charge in [-0.1, -0.05) is 6.07 Å². The van der Waals surface area contributed by atoms with E-state index in [1.807, 2.05) is 0 Å². The van der Waals surface area contributed by atoms with Crippen LogP contribution < -0.4 is 16.4 Å². The Kier molecular flexibility index (Phi) is 5.83. The van der Waals surface area contributed by atoms with Crippen LogP contribution in [0.1, 0.15) is 0 Å². The van der Waals surface area contributed by atoms with Crippen molar-refractivity contribution in [3.05, 3.63) is 47.7 Å². The predicted octanol–water partition coefficient (Wildman–Crippen LogP) is 1.81. The smallest absolute Gasteiger partial charge is 0.296 e. The first-order chi connectivity index (χ1) is 13.6. The molecule has 29 heavy (non-hydrogen) atoms. The van der Waals surface area contributed by atoms with Crippen LogP contribution in [0.3, 0.4) is 0 Å². The van der Waals surface area contributed by atoms with E-state index in [9.17, 15) is 16.8 Å². The van der Waals surface area contributed by atoms with E-state index in [1.165, 1.54) is 24.3 Å². The largest absolute Gasteiger partial charge is 0.398 e. The summed E-state index contributed by atoms with van der Waals surface area (Å²) in [5.41, 5.74) is 6.20. The molecule has 1 aromatic heterocycles. The predicted molar refractivity (Wildman–Crippen MR) is 107 cm³/mol. The van der Waals surface area contributed by atoms with E-state index in [0.717, 1.165) is 6.07 Å². The van der Waals surface area contributed by atoms with Crippen molar-refractivity contribution in [3.63, 3.8) is 0 Å². The zero-order valence-electron chi connectivity index (χ0n) is 14.3. The van der Waals surface area contributed by atoms with Crippen LogP contribution in [0.4, 0.5) is 29.0 Å². The molecule has 152 valence electrons. The Labute approximate surface area is 171 Å². The molecule has 0 spiro atoms. The molecule has 14 heteroatoms. The van der Waals surface area contributed by atoms with E-state index >= 15 is 0 Å². The number of hydrogen-bond donors (Lipinski definition) is 5. The lowest BCUT2D eigenvalue weighted by Crippen LogP contribution is -2.06. The molecule has 0 unspecified atom stereocenters. The topological polar surface area (TPSA) is 177 Å². The molecule has 0 radical (unpaired) electrons. The minimum Gasteiger partial charge on any atom is -0.398 e. The number of aromatic nitrogens is 3. The molecule has 1 heterocycles. The molecule has 0 aliphatic rings. The van der Waals surface area contributed by atoms with Gasteiger partial charge in [0, 0.05) is 11.4 Å². The Morgan fingerprint density at radius 1 is 0.966 bits per heavy atom. The number of benzene rings is 2. The Balaban J connectivity index is 1.86. The summed E-state index contributed by atoms with van der Waals surface area (Å²) >= 11 is 5.90. The van der Waals surface area contributed by atoms with Crippen LogP contribution in [0.15, 0.2) is 52.3 Å². The SMILES string of the molecule is Nc1cc(Nc2nc(Cl)nc(Nc3cccc([SH](=O)=O)c3)n2)ccc1S(=O)(=O)O. The van der Waals surface area contributed by atoms with Crippen molar-refractivity contribution >= 4 is 61.4 Å². The molecular weight excluding hydrogens is 444 g/mol. The van der Waals surface area contributed by atoms with Gasteiger partial charge in [0.05, 0.1) is 10.6 Å². The van der Waals surface area contributed by atoms with E-state index in [-0.39, 0.29) is 27.8 Å². The molecule has 3 rings (SSSR count). The molecule has 0 bridgehead atoms. The van der Waals surface area contributed by atoms with Crippen LogP contribution in [-0.4, -0.2) is 36.3 Å². The molecule has 5 N–H and O–H groups in total. The monoisotopic (exact) mass is 456 g/mol. The average Bonchev–Trinajstić information content (AvgIpc) is 2.60. The molecule has 2 aromatic carbocycles. The highest BCUT2D eigenvalue weighted by Crippen LogP contribution is 2.25. The third-order valence-electron chi connectivity index (χ3n) is 3.47. The van der Waals surface area contributed by atoms with Gasteiger partial charge >= 0.3 is 0 Å². The van der Waals surface area contributed by atoms with Gasteiger partial charge in [0.1, 0.15) is 4.90 Å². The van der Waals surface area contributed by atoms with Gasteiger partial charge < -0.3 is 16.4 Å². The lowest BCUT2D eigenvalue weighted by molar-refractivity contribution is 0.483. The molecule has 0 saturated heterocycles. The summed E-state index contributed by atoms with van der Waals surface area (Å²) in [6, 6.07) is 9.72. The van der Waals surface area contributed by atoms with Crippen LogP contribution in [-0.2, 0) is 20.8 Å². The molecular formula is C15H13ClN6O5S2. The summed E-state index contributed by atoms with van der Waals surface area (Å²) in [6.07, 6.45) is 0. The van der Waals surface area contributed by atoms with Crippen LogP contribution in [0.5, 0.6) is 0 Å². The van der Waals surface area contributed by atoms with Crippen molar-refractivity contribution in [3.8, 4) is 0 Å². The molecule has 0 atom stereocenters.